The Bertz CT molecular complexity index is 779. The van der Waals surface area contributed by atoms with E-state index in [1.807, 2.05) is 18.2 Å². The Balaban J connectivity index is 1.98. The number of hydrogen-bond acceptors (Lipinski definition) is 3. The highest BCUT2D eigenvalue weighted by Gasteiger charge is 2.16. The van der Waals surface area contributed by atoms with Gasteiger partial charge in [-0.3, -0.25) is 9.59 Å². The van der Waals surface area contributed by atoms with Gasteiger partial charge in [-0.15, -0.1) is 0 Å². The lowest BCUT2D eigenvalue weighted by Gasteiger charge is -2.19. The molecule has 5 heteroatoms. The summed E-state index contributed by atoms with van der Waals surface area (Å²) in [6.45, 7) is 6.31. The summed E-state index contributed by atoms with van der Waals surface area (Å²) in [5, 5.41) is 13.8. The zero-order valence-corrected chi connectivity index (χ0v) is 13.9. The van der Waals surface area contributed by atoms with Crippen molar-refractivity contribution in [2.24, 2.45) is 0 Å². The first kappa shape index (κ1) is 17.2. The van der Waals surface area contributed by atoms with Gasteiger partial charge in [-0.1, -0.05) is 32.9 Å². The standard InChI is InChI=1S/C19H19N3O2/c1-19(2,3)14-6-10-16(11-7-14)22-18(24)17(23)21-15-8-4-13(12-20)5-9-15/h4-11H,1-3H3,(H,21,23)(H,22,24). The number of rotatable bonds is 2. The molecule has 0 fully saturated rings. The fourth-order valence-electron chi connectivity index (χ4n) is 2.06. The van der Waals surface area contributed by atoms with Crippen molar-refractivity contribution in [3.63, 3.8) is 0 Å². The molecule has 0 heterocycles. The molecule has 2 aromatic carbocycles. The Labute approximate surface area is 141 Å². The number of nitrogens with one attached hydrogen (secondary N) is 2. The third-order valence-corrected chi connectivity index (χ3v) is 3.49. The first-order valence-electron chi connectivity index (χ1n) is 7.52. The highest BCUT2D eigenvalue weighted by Crippen LogP contribution is 2.23. The fraction of sp³-hybridized carbons (Fsp3) is 0.211. The van der Waals surface area contributed by atoms with E-state index < -0.39 is 11.8 Å². The minimum atomic E-state index is -0.764. The van der Waals surface area contributed by atoms with Gasteiger partial charge in [0.05, 0.1) is 11.6 Å². The van der Waals surface area contributed by atoms with E-state index in [4.69, 9.17) is 5.26 Å². The third-order valence-electron chi connectivity index (χ3n) is 3.49. The maximum Gasteiger partial charge on any atom is 0.314 e. The molecule has 2 N–H and O–H groups in total. The number of carbonyl (C=O) groups is 2. The number of nitriles is 1. The van der Waals surface area contributed by atoms with E-state index in [1.165, 1.54) is 0 Å². The average Bonchev–Trinajstić information content (AvgIpc) is 2.55. The smallest absolute Gasteiger partial charge is 0.314 e. The largest absolute Gasteiger partial charge is 0.318 e. The molecule has 2 rings (SSSR count). The summed E-state index contributed by atoms with van der Waals surface area (Å²) in [6, 6.07) is 15.7. The van der Waals surface area contributed by atoms with Crippen molar-refractivity contribution in [3.8, 4) is 6.07 Å². The Morgan fingerprint density at radius 2 is 1.25 bits per heavy atom. The first-order chi connectivity index (χ1) is 11.3. The summed E-state index contributed by atoms with van der Waals surface area (Å²) in [4.78, 5) is 23.9. The summed E-state index contributed by atoms with van der Waals surface area (Å²) >= 11 is 0. The van der Waals surface area contributed by atoms with Crippen LogP contribution in [0.15, 0.2) is 48.5 Å². The minimum absolute atomic E-state index is 0.0233. The zero-order chi connectivity index (χ0) is 17.7. The zero-order valence-electron chi connectivity index (χ0n) is 13.9. The molecule has 0 saturated carbocycles. The van der Waals surface area contributed by atoms with Crippen LogP contribution in [0.3, 0.4) is 0 Å². The van der Waals surface area contributed by atoms with Gasteiger partial charge in [-0.25, -0.2) is 0 Å². The van der Waals surface area contributed by atoms with Gasteiger partial charge in [-0.2, -0.15) is 5.26 Å². The number of carbonyl (C=O) groups excluding carboxylic acids is 2. The van der Waals surface area contributed by atoms with Crippen molar-refractivity contribution in [1.29, 1.82) is 5.26 Å². The van der Waals surface area contributed by atoms with Crippen LogP contribution in [0, 0.1) is 11.3 Å². The molecule has 0 atom stereocenters. The van der Waals surface area contributed by atoms with Crippen LogP contribution < -0.4 is 10.6 Å². The predicted octanol–water partition coefficient (Wildman–Crippen LogP) is 3.43. The molecule has 0 aromatic heterocycles. The maximum absolute atomic E-state index is 11.9. The highest BCUT2D eigenvalue weighted by atomic mass is 16.2. The Kier molecular flexibility index (Phi) is 5.00. The molecule has 2 amide bonds. The van der Waals surface area contributed by atoms with Gasteiger partial charge in [0.15, 0.2) is 0 Å². The molecule has 0 unspecified atom stereocenters. The number of anilines is 2. The lowest BCUT2D eigenvalue weighted by Crippen LogP contribution is -2.29. The topological polar surface area (TPSA) is 82.0 Å². The van der Waals surface area contributed by atoms with Crippen molar-refractivity contribution in [2.75, 3.05) is 10.6 Å². The fourth-order valence-corrected chi connectivity index (χ4v) is 2.06. The van der Waals surface area contributed by atoms with Gasteiger partial charge >= 0.3 is 11.8 Å². The van der Waals surface area contributed by atoms with Crippen molar-refractivity contribution in [2.45, 2.75) is 26.2 Å². The van der Waals surface area contributed by atoms with Gasteiger partial charge in [-0.05, 0) is 47.4 Å². The quantitative estimate of drug-likeness (QED) is 0.831. The lowest BCUT2D eigenvalue weighted by atomic mass is 9.87. The average molecular weight is 321 g/mol. The molecule has 5 nitrogen and oxygen atoms in total. The van der Waals surface area contributed by atoms with E-state index in [0.29, 0.717) is 16.9 Å². The van der Waals surface area contributed by atoms with E-state index >= 15 is 0 Å². The van der Waals surface area contributed by atoms with Crippen LogP contribution in [0.4, 0.5) is 11.4 Å². The van der Waals surface area contributed by atoms with Gasteiger partial charge in [0.2, 0.25) is 0 Å². The van der Waals surface area contributed by atoms with E-state index in [-0.39, 0.29) is 5.41 Å². The van der Waals surface area contributed by atoms with E-state index in [0.717, 1.165) is 5.56 Å². The van der Waals surface area contributed by atoms with Crippen LogP contribution in [-0.4, -0.2) is 11.8 Å². The second kappa shape index (κ2) is 6.97. The second-order valence-electron chi connectivity index (χ2n) is 6.42. The van der Waals surface area contributed by atoms with Crippen LogP contribution in [-0.2, 0) is 15.0 Å². The van der Waals surface area contributed by atoms with Gasteiger partial charge in [0.1, 0.15) is 0 Å². The summed E-state index contributed by atoms with van der Waals surface area (Å²) in [5.41, 5.74) is 2.66. The molecule has 0 bridgehead atoms. The van der Waals surface area contributed by atoms with Crippen LogP contribution in [0.1, 0.15) is 31.9 Å². The number of nitrogens with zero attached hydrogens (tertiary/aromatic N) is 1. The summed E-state index contributed by atoms with van der Waals surface area (Å²) in [6.07, 6.45) is 0. The molecule has 2 aromatic rings. The van der Waals surface area contributed by atoms with Crippen molar-refractivity contribution >= 4 is 23.2 Å². The SMILES string of the molecule is CC(C)(C)c1ccc(NC(=O)C(=O)Nc2ccc(C#N)cc2)cc1. The molecule has 0 radical (unpaired) electrons. The Morgan fingerprint density at radius 1 is 0.833 bits per heavy atom. The second-order valence-corrected chi connectivity index (χ2v) is 6.42. The monoisotopic (exact) mass is 321 g/mol. The number of hydrogen-bond donors (Lipinski definition) is 2. The summed E-state index contributed by atoms with van der Waals surface area (Å²) in [5.74, 6) is -1.51. The van der Waals surface area contributed by atoms with Gasteiger partial charge < -0.3 is 10.6 Å². The van der Waals surface area contributed by atoms with Crippen LogP contribution in [0.25, 0.3) is 0 Å². The Hall–Kier alpha value is -3.13. The first-order valence-corrected chi connectivity index (χ1v) is 7.52. The normalized spacial score (nSPS) is 10.6. The van der Waals surface area contributed by atoms with E-state index in [9.17, 15) is 9.59 Å². The minimum Gasteiger partial charge on any atom is -0.318 e. The summed E-state index contributed by atoms with van der Waals surface area (Å²) in [7, 11) is 0. The molecule has 0 spiro atoms. The van der Waals surface area contributed by atoms with Crippen LogP contribution in [0.5, 0.6) is 0 Å². The van der Waals surface area contributed by atoms with E-state index in [1.54, 1.807) is 36.4 Å². The molecule has 0 saturated heterocycles. The molecule has 0 aliphatic carbocycles. The Morgan fingerprint density at radius 3 is 1.62 bits per heavy atom. The molecule has 24 heavy (non-hydrogen) atoms. The molecular formula is C19H19N3O2. The van der Waals surface area contributed by atoms with Crippen LogP contribution in [0.2, 0.25) is 0 Å². The molecule has 0 aliphatic heterocycles. The molecule has 122 valence electrons. The van der Waals surface area contributed by atoms with Crippen molar-refractivity contribution in [1.82, 2.24) is 0 Å². The summed E-state index contributed by atoms with van der Waals surface area (Å²) < 4.78 is 0. The number of amides is 2. The lowest BCUT2D eigenvalue weighted by molar-refractivity contribution is -0.132. The molecular weight excluding hydrogens is 302 g/mol. The third kappa shape index (κ3) is 4.43. The van der Waals surface area contributed by atoms with Crippen molar-refractivity contribution < 1.29 is 9.59 Å². The molecule has 0 aliphatic rings. The van der Waals surface area contributed by atoms with Crippen molar-refractivity contribution in [3.05, 3.63) is 59.7 Å². The van der Waals surface area contributed by atoms with Gasteiger partial charge in [0.25, 0.3) is 0 Å². The van der Waals surface area contributed by atoms with E-state index in [2.05, 4.69) is 31.4 Å². The maximum atomic E-state index is 11.9. The van der Waals surface area contributed by atoms with Crippen LogP contribution >= 0.6 is 0 Å². The number of benzene rings is 2. The highest BCUT2D eigenvalue weighted by molar-refractivity contribution is 6.43. The predicted molar refractivity (Wildman–Crippen MR) is 93.6 cm³/mol. The van der Waals surface area contributed by atoms with Gasteiger partial charge in [0, 0.05) is 11.4 Å².